The molecule has 1 aromatic carbocycles. The molecule has 8 nitrogen and oxygen atoms in total. The summed E-state index contributed by atoms with van der Waals surface area (Å²) in [6, 6.07) is 4.44. The van der Waals surface area contributed by atoms with Crippen LogP contribution in [0.1, 0.15) is 16.8 Å². The summed E-state index contributed by atoms with van der Waals surface area (Å²) in [6.07, 6.45) is -0.642. The van der Waals surface area contributed by atoms with Crippen LogP contribution in [0.25, 0.3) is 0 Å². The third kappa shape index (κ3) is 5.16. The summed E-state index contributed by atoms with van der Waals surface area (Å²) in [7, 11) is -0.167. The van der Waals surface area contributed by atoms with E-state index in [1.807, 2.05) is 0 Å². The Morgan fingerprint density at radius 2 is 2.00 bits per heavy atom. The Kier molecular flexibility index (Phi) is 6.99. The highest BCUT2D eigenvalue weighted by molar-refractivity contribution is 7.91. The average molecular weight is 387 g/mol. The molecule has 2 N–H and O–H groups in total. The van der Waals surface area contributed by atoms with Crippen molar-refractivity contribution in [1.82, 2.24) is 4.90 Å². The van der Waals surface area contributed by atoms with Gasteiger partial charge in [0.15, 0.2) is 27.1 Å². The van der Waals surface area contributed by atoms with Crippen molar-refractivity contribution < 1.29 is 32.9 Å². The number of ketones is 1. The number of hydrogen-bond donors (Lipinski definition) is 2. The fourth-order valence-corrected chi connectivity index (χ4v) is 4.78. The summed E-state index contributed by atoms with van der Waals surface area (Å²) >= 11 is 0. The predicted octanol–water partition coefficient (Wildman–Crippen LogP) is -0.271. The highest BCUT2D eigenvalue weighted by atomic mass is 32.2. The molecule has 0 saturated carbocycles. The molecule has 0 bridgehead atoms. The third-order valence-electron chi connectivity index (χ3n) is 4.43. The number of methoxy groups -OCH3 is 2. The number of aliphatic hydroxyl groups is 2. The van der Waals surface area contributed by atoms with Gasteiger partial charge in [0.2, 0.25) is 0 Å². The normalized spacial score (nSPS) is 20.1. The second kappa shape index (κ2) is 8.81. The first kappa shape index (κ1) is 20.6. The first-order valence-corrected chi connectivity index (χ1v) is 10.1. The molecule has 26 heavy (non-hydrogen) atoms. The van der Waals surface area contributed by atoms with E-state index in [0.717, 1.165) is 0 Å². The van der Waals surface area contributed by atoms with Crippen molar-refractivity contribution in [3.8, 4) is 11.5 Å². The lowest BCUT2D eigenvalue weighted by molar-refractivity contribution is 0.0459. The van der Waals surface area contributed by atoms with Crippen LogP contribution in [0.4, 0.5) is 0 Å². The number of ether oxygens (including phenoxy) is 2. The van der Waals surface area contributed by atoms with Crippen LogP contribution in [0.15, 0.2) is 18.2 Å². The molecule has 0 aliphatic carbocycles. The first-order valence-electron chi connectivity index (χ1n) is 8.28. The zero-order chi connectivity index (χ0) is 19.3. The van der Waals surface area contributed by atoms with Gasteiger partial charge >= 0.3 is 0 Å². The van der Waals surface area contributed by atoms with Crippen LogP contribution in [0, 0.1) is 0 Å². The van der Waals surface area contributed by atoms with E-state index in [9.17, 15) is 18.3 Å². The summed E-state index contributed by atoms with van der Waals surface area (Å²) in [5, 5.41) is 18.9. The maximum Gasteiger partial charge on any atom is 0.176 e. The monoisotopic (exact) mass is 387 g/mol. The number of benzene rings is 1. The van der Waals surface area contributed by atoms with Crippen LogP contribution < -0.4 is 9.47 Å². The van der Waals surface area contributed by atoms with Gasteiger partial charge in [0.1, 0.15) is 0 Å². The van der Waals surface area contributed by atoms with Crippen molar-refractivity contribution in [2.45, 2.75) is 18.6 Å². The van der Waals surface area contributed by atoms with E-state index >= 15 is 0 Å². The molecule has 1 saturated heterocycles. The minimum atomic E-state index is -3.14. The van der Waals surface area contributed by atoms with Crippen molar-refractivity contribution in [3.63, 3.8) is 0 Å². The largest absolute Gasteiger partial charge is 0.493 e. The van der Waals surface area contributed by atoms with Gasteiger partial charge in [-0.3, -0.25) is 9.69 Å². The molecular formula is C17H25NO7S. The van der Waals surface area contributed by atoms with Crippen molar-refractivity contribution >= 4 is 15.6 Å². The van der Waals surface area contributed by atoms with Crippen LogP contribution in [-0.2, 0) is 9.84 Å². The number of rotatable bonds is 9. The second-order valence-electron chi connectivity index (χ2n) is 6.32. The van der Waals surface area contributed by atoms with E-state index < -0.39 is 22.5 Å². The molecular weight excluding hydrogens is 362 g/mol. The van der Waals surface area contributed by atoms with Gasteiger partial charge < -0.3 is 19.7 Å². The van der Waals surface area contributed by atoms with Crippen molar-refractivity contribution in [1.29, 1.82) is 0 Å². The van der Waals surface area contributed by atoms with Crippen LogP contribution >= 0.6 is 0 Å². The fraction of sp³-hybridized carbons (Fsp3) is 0.588. The van der Waals surface area contributed by atoms with Crippen LogP contribution in [0.3, 0.4) is 0 Å². The number of hydrogen-bond acceptors (Lipinski definition) is 8. The summed E-state index contributed by atoms with van der Waals surface area (Å²) < 4.78 is 33.9. The van der Waals surface area contributed by atoms with Crippen molar-refractivity contribution in [3.05, 3.63) is 23.8 Å². The number of carbonyl (C=O) groups is 1. The van der Waals surface area contributed by atoms with Gasteiger partial charge in [-0.2, -0.15) is 0 Å². The topological polar surface area (TPSA) is 113 Å². The van der Waals surface area contributed by atoms with Gasteiger partial charge in [-0.05, 0) is 24.6 Å². The van der Waals surface area contributed by atoms with E-state index in [0.29, 0.717) is 23.5 Å². The van der Waals surface area contributed by atoms with E-state index in [2.05, 4.69) is 0 Å². The smallest absolute Gasteiger partial charge is 0.176 e. The quantitative estimate of drug-likeness (QED) is 0.557. The minimum Gasteiger partial charge on any atom is -0.493 e. The Morgan fingerprint density at radius 3 is 2.54 bits per heavy atom. The third-order valence-corrected chi connectivity index (χ3v) is 6.18. The lowest BCUT2D eigenvalue weighted by Crippen LogP contribution is -2.45. The van der Waals surface area contributed by atoms with E-state index in [-0.39, 0.29) is 36.4 Å². The molecule has 0 aromatic heterocycles. The molecule has 1 aromatic rings. The van der Waals surface area contributed by atoms with E-state index in [4.69, 9.17) is 14.6 Å². The SMILES string of the molecule is COc1ccc(C(=O)CN(C[C@H](O)CO)[C@H]2CCS(=O)(=O)C2)cc1OC. The lowest BCUT2D eigenvalue weighted by Gasteiger charge is -2.29. The Bertz CT molecular complexity index is 735. The standard InChI is InChI=1S/C17H25NO7S/c1-24-16-4-3-12(7-17(16)25-2)15(21)9-18(8-14(20)10-19)13-5-6-26(22,23)11-13/h3-4,7,13-14,19-20H,5-6,8-11H2,1-2H3/t13-,14-/m0/s1. The molecule has 0 unspecified atom stereocenters. The van der Waals surface area contributed by atoms with Crippen LogP contribution in [-0.4, -0.2) is 86.9 Å². The number of carbonyl (C=O) groups excluding carboxylic acids is 1. The molecule has 0 amide bonds. The molecule has 1 heterocycles. The average Bonchev–Trinajstić information content (AvgIpc) is 2.99. The van der Waals surface area contributed by atoms with Crippen LogP contribution in [0.2, 0.25) is 0 Å². The highest BCUT2D eigenvalue weighted by Crippen LogP contribution is 2.28. The molecule has 1 fully saturated rings. The van der Waals surface area contributed by atoms with Gasteiger partial charge in [0.05, 0.1) is 45.0 Å². The molecule has 146 valence electrons. The van der Waals surface area contributed by atoms with Gasteiger partial charge in [-0.25, -0.2) is 8.42 Å². The lowest BCUT2D eigenvalue weighted by atomic mass is 10.1. The molecule has 2 atom stereocenters. The zero-order valence-corrected chi connectivity index (χ0v) is 15.7. The van der Waals surface area contributed by atoms with Crippen LogP contribution in [0.5, 0.6) is 11.5 Å². The summed E-state index contributed by atoms with van der Waals surface area (Å²) in [5.74, 6) is 0.695. The number of Topliss-reactive ketones (excluding diaryl/α,β-unsaturated/α-hetero) is 1. The second-order valence-corrected chi connectivity index (χ2v) is 8.54. The highest BCUT2D eigenvalue weighted by Gasteiger charge is 2.34. The molecule has 1 aliphatic rings. The maximum absolute atomic E-state index is 12.7. The van der Waals surface area contributed by atoms with Gasteiger partial charge in [0.25, 0.3) is 0 Å². The summed E-state index contributed by atoms with van der Waals surface area (Å²) in [4.78, 5) is 14.3. The predicted molar refractivity (Wildman–Crippen MR) is 95.6 cm³/mol. The van der Waals surface area contributed by atoms with Crippen molar-refractivity contribution in [2.75, 3.05) is 45.4 Å². The van der Waals surface area contributed by atoms with Gasteiger partial charge in [-0.1, -0.05) is 0 Å². The minimum absolute atomic E-state index is 0.0235. The number of aliphatic hydroxyl groups excluding tert-OH is 2. The molecule has 2 rings (SSSR count). The number of nitrogens with zero attached hydrogens (tertiary/aromatic N) is 1. The Morgan fingerprint density at radius 1 is 1.31 bits per heavy atom. The zero-order valence-electron chi connectivity index (χ0n) is 14.9. The molecule has 9 heteroatoms. The van der Waals surface area contributed by atoms with Crippen molar-refractivity contribution in [2.24, 2.45) is 0 Å². The fourth-order valence-electron chi connectivity index (χ4n) is 3.02. The first-order chi connectivity index (χ1) is 12.3. The van der Waals surface area contributed by atoms with Gasteiger partial charge in [-0.15, -0.1) is 0 Å². The molecule has 0 spiro atoms. The number of sulfone groups is 1. The Labute approximate surface area is 153 Å². The molecule has 0 radical (unpaired) electrons. The van der Waals surface area contributed by atoms with E-state index in [1.165, 1.54) is 14.2 Å². The maximum atomic E-state index is 12.7. The summed E-state index contributed by atoms with van der Waals surface area (Å²) in [5.41, 5.74) is 0.395. The Hall–Kier alpha value is -1.68. The molecule has 1 aliphatic heterocycles. The summed E-state index contributed by atoms with van der Waals surface area (Å²) in [6.45, 7) is -0.497. The van der Waals surface area contributed by atoms with Gasteiger partial charge in [0, 0.05) is 18.2 Å². The Balaban J connectivity index is 2.17. The van der Waals surface area contributed by atoms with E-state index in [1.54, 1.807) is 23.1 Å².